The molecule has 1 aliphatic carbocycles. The minimum atomic E-state index is -4.77. The number of anilines is 1. The van der Waals surface area contributed by atoms with Crippen molar-refractivity contribution in [2.45, 2.75) is 25.7 Å². The van der Waals surface area contributed by atoms with E-state index in [1.54, 1.807) is 12.2 Å². The Labute approximate surface area is 142 Å². The largest absolute Gasteiger partial charge is 0.573 e. The lowest BCUT2D eigenvalue weighted by Crippen LogP contribution is -2.32. The normalized spacial score (nSPS) is 19.4. The number of carbonyl (C=O) groups excluding carboxylic acids is 2. The van der Waals surface area contributed by atoms with Crippen molar-refractivity contribution in [1.29, 1.82) is 0 Å². The number of nitrogens with one attached hydrogen (secondary N) is 2. The van der Waals surface area contributed by atoms with Gasteiger partial charge in [-0.05, 0) is 43.2 Å². The van der Waals surface area contributed by atoms with Crippen LogP contribution in [0.15, 0.2) is 43.0 Å². The van der Waals surface area contributed by atoms with Crippen LogP contribution in [-0.4, -0.2) is 24.2 Å². The van der Waals surface area contributed by atoms with Crippen LogP contribution in [0, 0.1) is 12.8 Å². The summed E-state index contributed by atoms with van der Waals surface area (Å²) in [6.07, 6.45) is 0.178. The highest BCUT2D eigenvalue weighted by molar-refractivity contribution is 5.94. The minimum absolute atomic E-state index is 0.244. The Morgan fingerprint density at radius 2 is 2.04 bits per heavy atom. The first-order chi connectivity index (χ1) is 11.7. The number of rotatable bonds is 5. The van der Waals surface area contributed by atoms with Crippen molar-refractivity contribution in [2.24, 2.45) is 5.92 Å². The van der Waals surface area contributed by atoms with Crippen molar-refractivity contribution in [1.82, 2.24) is 5.32 Å². The van der Waals surface area contributed by atoms with E-state index in [1.807, 2.05) is 0 Å². The molecule has 2 amide bonds. The smallest absolute Gasteiger partial charge is 0.406 e. The van der Waals surface area contributed by atoms with Crippen molar-refractivity contribution in [3.63, 3.8) is 0 Å². The molecule has 134 valence electrons. The van der Waals surface area contributed by atoms with Gasteiger partial charge in [0, 0.05) is 11.7 Å². The van der Waals surface area contributed by atoms with Crippen molar-refractivity contribution < 1.29 is 27.5 Å². The molecule has 0 radical (unpaired) electrons. The van der Waals surface area contributed by atoms with E-state index in [1.165, 1.54) is 19.1 Å². The third-order valence-corrected chi connectivity index (χ3v) is 3.60. The highest BCUT2D eigenvalue weighted by Gasteiger charge is 2.32. The molecule has 0 saturated carbocycles. The van der Waals surface area contributed by atoms with Gasteiger partial charge in [0.1, 0.15) is 5.75 Å². The standard InChI is InChI=1S/C17H17F3N2O3/c1-3-15(23)21-13-5-4-11(9-13)16(24)22-12-6-7-14(10(2)8-12)25-17(18,19)20/h3-8,11,13H,1,9H2,2H3,(H,21,23)(H,22,24)/t11-,13+/m1/s1. The summed E-state index contributed by atoms with van der Waals surface area (Å²) in [5.41, 5.74) is 0.609. The van der Waals surface area contributed by atoms with Gasteiger partial charge in [-0.3, -0.25) is 9.59 Å². The Morgan fingerprint density at radius 3 is 2.64 bits per heavy atom. The van der Waals surface area contributed by atoms with Crippen LogP contribution in [0.3, 0.4) is 0 Å². The van der Waals surface area contributed by atoms with Gasteiger partial charge in [0.2, 0.25) is 11.8 Å². The summed E-state index contributed by atoms with van der Waals surface area (Å²) in [5, 5.41) is 5.31. The van der Waals surface area contributed by atoms with E-state index in [2.05, 4.69) is 21.9 Å². The first kappa shape index (κ1) is 18.6. The van der Waals surface area contributed by atoms with Crippen LogP contribution < -0.4 is 15.4 Å². The van der Waals surface area contributed by atoms with Gasteiger partial charge >= 0.3 is 6.36 Å². The van der Waals surface area contributed by atoms with Gasteiger partial charge in [0.05, 0.1) is 5.92 Å². The van der Waals surface area contributed by atoms with Gasteiger partial charge in [-0.1, -0.05) is 18.7 Å². The van der Waals surface area contributed by atoms with E-state index in [0.29, 0.717) is 12.1 Å². The summed E-state index contributed by atoms with van der Waals surface area (Å²) >= 11 is 0. The molecule has 0 unspecified atom stereocenters. The second-order valence-corrected chi connectivity index (χ2v) is 5.56. The zero-order valence-electron chi connectivity index (χ0n) is 13.4. The quantitative estimate of drug-likeness (QED) is 0.631. The molecule has 0 aliphatic heterocycles. The van der Waals surface area contributed by atoms with E-state index in [4.69, 9.17) is 0 Å². The molecule has 2 atom stereocenters. The molecule has 0 heterocycles. The fourth-order valence-corrected chi connectivity index (χ4v) is 2.44. The molecule has 2 N–H and O–H groups in total. The highest BCUT2D eigenvalue weighted by Crippen LogP contribution is 2.28. The van der Waals surface area contributed by atoms with E-state index in [-0.39, 0.29) is 29.2 Å². The van der Waals surface area contributed by atoms with Crippen molar-refractivity contribution in [2.75, 3.05) is 5.32 Å². The lowest BCUT2D eigenvalue weighted by Gasteiger charge is -2.15. The summed E-state index contributed by atoms with van der Waals surface area (Å²) in [4.78, 5) is 23.5. The van der Waals surface area contributed by atoms with Crippen molar-refractivity contribution in [3.8, 4) is 5.75 Å². The molecule has 8 heteroatoms. The fourth-order valence-electron chi connectivity index (χ4n) is 2.44. The van der Waals surface area contributed by atoms with E-state index in [0.717, 1.165) is 12.1 Å². The number of benzene rings is 1. The highest BCUT2D eigenvalue weighted by atomic mass is 19.4. The number of halogens is 3. The molecule has 0 spiro atoms. The molecular weight excluding hydrogens is 337 g/mol. The first-order valence-corrected chi connectivity index (χ1v) is 7.46. The Bertz CT molecular complexity index is 714. The number of hydrogen-bond acceptors (Lipinski definition) is 3. The van der Waals surface area contributed by atoms with Gasteiger partial charge in [0.25, 0.3) is 0 Å². The summed E-state index contributed by atoms with van der Waals surface area (Å²) in [7, 11) is 0. The average molecular weight is 354 g/mol. The van der Waals surface area contributed by atoms with Gasteiger partial charge in [-0.25, -0.2) is 0 Å². The molecule has 0 saturated heterocycles. The Kier molecular flexibility index (Phi) is 5.51. The molecule has 5 nitrogen and oxygen atoms in total. The predicted octanol–water partition coefficient (Wildman–Crippen LogP) is 3.08. The number of alkyl halides is 3. The van der Waals surface area contributed by atoms with Crippen LogP contribution in [0.25, 0.3) is 0 Å². The first-order valence-electron chi connectivity index (χ1n) is 7.46. The lowest BCUT2D eigenvalue weighted by molar-refractivity contribution is -0.274. The van der Waals surface area contributed by atoms with Crippen LogP contribution in [0.2, 0.25) is 0 Å². The maximum atomic E-state index is 12.3. The molecule has 0 aromatic heterocycles. The molecule has 0 fully saturated rings. The molecule has 0 bridgehead atoms. The van der Waals surface area contributed by atoms with Crippen molar-refractivity contribution >= 4 is 17.5 Å². The van der Waals surface area contributed by atoms with E-state index >= 15 is 0 Å². The Hall–Kier alpha value is -2.77. The molecule has 1 aromatic rings. The van der Waals surface area contributed by atoms with Crippen LogP contribution in [0.4, 0.5) is 18.9 Å². The number of hydrogen-bond donors (Lipinski definition) is 2. The zero-order valence-corrected chi connectivity index (χ0v) is 13.4. The summed E-state index contributed by atoms with van der Waals surface area (Å²) in [5.74, 6) is -1.40. The molecule has 1 aromatic carbocycles. The van der Waals surface area contributed by atoms with Gasteiger partial charge < -0.3 is 15.4 Å². The lowest BCUT2D eigenvalue weighted by atomic mass is 10.1. The second kappa shape index (κ2) is 7.42. The molecule has 1 aliphatic rings. The topological polar surface area (TPSA) is 67.4 Å². The monoisotopic (exact) mass is 354 g/mol. The minimum Gasteiger partial charge on any atom is -0.406 e. The van der Waals surface area contributed by atoms with Gasteiger partial charge in [-0.15, -0.1) is 13.2 Å². The molecular formula is C17H17F3N2O3. The maximum absolute atomic E-state index is 12.3. The van der Waals surface area contributed by atoms with Crippen molar-refractivity contribution in [3.05, 3.63) is 48.6 Å². The Morgan fingerprint density at radius 1 is 1.32 bits per heavy atom. The maximum Gasteiger partial charge on any atom is 0.573 e. The summed E-state index contributed by atoms with van der Waals surface area (Å²) in [6, 6.07) is 3.62. The number of ether oxygens (including phenoxy) is 1. The molecule has 25 heavy (non-hydrogen) atoms. The Balaban J connectivity index is 1.95. The fraction of sp³-hybridized carbons (Fsp3) is 0.294. The van der Waals surface area contributed by atoms with E-state index in [9.17, 15) is 22.8 Å². The van der Waals surface area contributed by atoms with Crippen LogP contribution in [0.1, 0.15) is 12.0 Å². The van der Waals surface area contributed by atoms with E-state index < -0.39 is 12.3 Å². The van der Waals surface area contributed by atoms with Crippen LogP contribution in [-0.2, 0) is 9.59 Å². The zero-order chi connectivity index (χ0) is 18.6. The third-order valence-electron chi connectivity index (χ3n) is 3.60. The third kappa shape index (κ3) is 5.37. The average Bonchev–Trinajstić information content (AvgIpc) is 2.97. The van der Waals surface area contributed by atoms with Gasteiger partial charge in [0.15, 0.2) is 0 Å². The summed E-state index contributed by atoms with van der Waals surface area (Å²) in [6.45, 7) is 4.81. The SMILES string of the molecule is C=CC(=O)N[C@H]1C=C[C@@H](C(=O)Nc2ccc(OC(F)(F)F)c(C)c2)C1. The number of aryl methyl sites for hydroxylation is 1. The molecule has 2 rings (SSSR count). The second-order valence-electron chi connectivity index (χ2n) is 5.56. The predicted molar refractivity (Wildman–Crippen MR) is 85.9 cm³/mol. The van der Waals surface area contributed by atoms with Crippen LogP contribution >= 0.6 is 0 Å². The number of amides is 2. The summed E-state index contributed by atoms with van der Waals surface area (Å²) < 4.78 is 40.6. The number of carbonyl (C=O) groups is 2. The van der Waals surface area contributed by atoms with Gasteiger partial charge in [-0.2, -0.15) is 0 Å². The van der Waals surface area contributed by atoms with Crippen LogP contribution in [0.5, 0.6) is 5.75 Å².